The lowest BCUT2D eigenvalue weighted by Crippen LogP contribution is -2.21. The van der Waals surface area contributed by atoms with Crippen LogP contribution in [0.2, 0.25) is 0 Å². The molecule has 0 amide bonds. The first-order valence-electron chi connectivity index (χ1n) is 6.82. The van der Waals surface area contributed by atoms with Crippen molar-refractivity contribution in [3.63, 3.8) is 0 Å². The highest BCUT2D eigenvalue weighted by Crippen LogP contribution is 2.39. The van der Waals surface area contributed by atoms with Crippen LogP contribution in [0.5, 0.6) is 0 Å². The van der Waals surface area contributed by atoms with Crippen molar-refractivity contribution in [1.29, 1.82) is 0 Å². The van der Waals surface area contributed by atoms with Crippen molar-refractivity contribution in [2.24, 2.45) is 0 Å². The average Bonchev–Trinajstić information content (AvgIpc) is 3.13. The summed E-state index contributed by atoms with van der Waals surface area (Å²) < 4.78 is 23.8. The Balaban J connectivity index is 1.99. The van der Waals surface area contributed by atoms with Crippen molar-refractivity contribution >= 4 is 53.4 Å². The predicted molar refractivity (Wildman–Crippen MR) is 96.4 cm³/mol. The molecule has 0 bridgehead atoms. The molecular formula is C13H12N4O5S3. The second-order valence-electron chi connectivity index (χ2n) is 5.29. The Morgan fingerprint density at radius 1 is 1.44 bits per heavy atom. The van der Waals surface area contributed by atoms with Gasteiger partial charge < -0.3 is 9.88 Å². The van der Waals surface area contributed by atoms with E-state index >= 15 is 0 Å². The van der Waals surface area contributed by atoms with Gasteiger partial charge in [0.2, 0.25) is 0 Å². The third kappa shape index (κ3) is 3.41. The molecule has 0 unspecified atom stereocenters. The van der Waals surface area contributed by atoms with Crippen LogP contribution in [0.4, 0.5) is 10.7 Å². The molecule has 3 aromatic heterocycles. The standard InChI is InChI=1S/C13H12N4O5S3/c1-16(6-9-14-7-3-4-23-11(7)12(18)15-9)13-8(17(19)20)5-10(24-13)25(2,21)22/h3-5H,6H2,1-2H3,(H,14,15,18). The van der Waals surface area contributed by atoms with Gasteiger partial charge in [-0.25, -0.2) is 13.4 Å². The van der Waals surface area contributed by atoms with E-state index in [0.29, 0.717) is 16.0 Å². The highest BCUT2D eigenvalue weighted by atomic mass is 32.2. The number of hydrogen-bond acceptors (Lipinski definition) is 9. The van der Waals surface area contributed by atoms with E-state index in [4.69, 9.17) is 0 Å². The molecule has 0 aliphatic rings. The van der Waals surface area contributed by atoms with Gasteiger partial charge in [0.15, 0.2) is 14.8 Å². The van der Waals surface area contributed by atoms with E-state index in [1.54, 1.807) is 18.5 Å². The van der Waals surface area contributed by atoms with E-state index in [1.165, 1.54) is 16.2 Å². The summed E-state index contributed by atoms with van der Waals surface area (Å²) in [6.07, 6.45) is 0.996. The summed E-state index contributed by atoms with van der Waals surface area (Å²) >= 11 is 2.09. The lowest BCUT2D eigenvalue weighted by molar-refractivity contribution is -0.383. The van der Waals surface area contributed by atoms with Gasteiger partial charge in [0.1, 0.15) is 14.7 Å². The normalized spacial score (nSPS) is 11.8. The quantitative estimate of drug-likeness (QED) is 0.512. The summed E-state index contributed by atoms with van der Waals surface area (Å²) in [5.41, 5.74) is -0.0255. The third-order valence-corrected chi connectivity index (χ3v) is 7.27. The number of nitro groups is 1. The Morgan fingerprint density at radius 2 is 2.16 bits per heavy atom. The van der Waals surface area contributed by atoms with Crippen LogP contribution < -0.4 is 10.5 Å². The zero-order valence-corrected chi connectivity index (χ0v) is 15.5. The SMILES string of the molecule is CN(Cc1nc2ccsc2c(=O)[nH]1)c1sc(S(C)(=O)=O)cc1[N+](=O)[O-]. The molecule has 132 valence electrons. The topological polar surface area (TPSA) is 126 Å². The van der Waals surface area contributed by atoms with E-state index in [2.05, 4.69) is 9.97 Å². The first kappa shape index (κ1) is 17.5. The molecule has 0 aliphatic heterocycles. The minimum Gasteiger partial charge on any atom is -0.353 e. The van der Waals surface area contributed by atoms with E-state index in [0.717, 1.165) is 23.7 Å². The van der Waals surface area contributed by atoms with Crippen molar-refractivity contribution in [2.45, 2.75) is 10.8 Å². The smallest absolute Gasteiger partial charge is 0.305 e. The van der Waals surface area contributed by atoms with E-state index in [-0.39, 0.29) is 27.0 Å². The van der Waals surface area contributed by atoms with Gasteiger partial charge in [-0.1, -0.05) is 11.3 Å². The Morgan fingerprint density at radius 3 is 2.80 bits per heavy atom. The Hall–Kier alpha value is -2.31. The van der Waals surface area contributed by atoms with Gasteiger partial charge in [-0.3, -0.25) is 14.9 Å². The molecule has 1 N–H and O–H groups in total. The maximum absolute atomic E-state index is 12.0. The van der Waals surface area contributed by atoms with E-state index in [1.807, 2.05) is 0 Å². The highest BCUT2D eigenvalue weighted by Gasteiger charge is 2.26. The van der Waals surface area contributed by atoms with Crippen LogP contribution in [0.25, 0.3) is 10.2 Å². The van der Waals surface area contributed by atoms with Crippen LogP contribution >= 0.6 is 22.7 Å². The molecule has 0 aliphatic carbocycles. The maximum Gasteiger partial charge on any atom is 0.305 e. The fourth-order valence-corrected chi connectivity index (χ4v) is 4.94. The van der Waals surface area contributed by atoms with E-state index < -0.39 is 14.8 Å². The molecule has 0 radical (unpaired) electrons. The van der Waals surface area contributed by atoms with Crippen LogP contribution in [0.1, 0.15) is 5.82 Å². The Kier molecular flexibility index (Phi) is 4.34. The number of fused-ring (bicyclic) bond motifs is 1. The van der Waals surface area contributed by atoms with Crippen molar-refractivity contribution in [1.82, 2.24) is 9.97 Å². The number of aromatic nitrogens is 2. The highest BCUT2D eigenvalue weighted by molar-refractivity contribution is 7.92. The number of nitrogens with one attached hydrogen (secondary N) is 1. The van der Waals surface area contributed by atoms with Gasteiger partial charge in [0.05, 0.1) is 17.0 Å². The van der Waals surface area contributed by atoms with Gasteiger partial charge in [-0.15, -0.1) is 11.3 Å². The lowest BCUT2D eigenvalue weighted by Gasteiger charge is -2.15. The van der Waals surface area contributed by atoms with Gasteiger partial charge >= 0.3 is 5.69 Å². The fraction of sp³-hybridized carbons (Fsp3) is 0.231. The van der Waals surface area contributed by atoms with Crippen molar-refractivity contribution in [3.05, 3.63) is 43.8 Å². The number of nitrogens with zero attached hydrogens (tertiary/aromatic N) is 3. The van der Waals surface area contributed by atoms with Crippen LogP contribution in [0.3, 0.4) is 0 Å². The van der Waals surface area contributed by atoms with Crippen molar-refractivity contribution < 1.29 is 13.3 Å². The maximum atomic E-state index is 12.0. The number of hydrogen-bond donors (Lipinski definition) is 1. The zero-order chi connectivity index (χ0) is 18.4. The second-order valence-corrected chi connectivity index (χ2v) is 9.48. The monoisotopic (exact) mass is 400 g/mol. The molecule has 3 aromatic rings. The second kappa shape index (κ2) is 6.20. The van der Waals surface area contributed by atoms with Gasteiger partial charge in [0, 0.05) is 19.4 Å². The third-order valence-electron chi connectivity index (χ3n) is 3.33. The van der Waals surface area contributed by atoms with Crippen LogP contribution in [0, 0.1) is 10.1 Å². The summed E-state index contributed by atoms with van der Waals surface area (Å²) in [7, 11) is -1.98. The van der Waals surface area contributed by atoms with Gasteiger partial charge in [-0.05, 0) is 11.4 Å². The molecule has 12 heteroatoms. The number of aromatic amines is 1. The minimum absolute atomic E-state index is 0.0872. The first-order chi connectivity index (χ1) is 11.7. The molecular weight excluding hydrogens is 388 g/mol. The Labute approximate surface area is 149 Å². The predicted octanol–water partition coefficient (Wildman–Crippen LogP) is 1.99. The van der Waals surface area contributed by atoms with Crippen molar-refractivity contribution in [2.75, 3.05) is 18.2 Å². The summed E-state index contributed by atoms with van der Waals surface area (Å²) in [5, 5.41) is 13.2. The summed E-state index contributed by atoms with van der Waals surface area (Å²) in [4.78, 5) is 31.1. The molecule has 0 aromatic carbocycles. The lowest BCUT2D eigenvalue weighted by atomic mass is 10.4. The molecule has 0 fully saturated rings. The average molecular weight is 400 g/mol. The molecule has 0 saturated heterocycles. The number of sulfone groups is 1. The van der Waals surface area contributed by atoms with Gasteiger partial charge in [-0.2, -0.15) is 0 Å². The summed E-state index contributed by atoms with van der Waals surface area (Å²) in [6, 6.07) is 2.76. The Bertz CT molecular complexity index is 1130. The number of rotatable bonds is 5. The van der Waals surface area contributed by atoms with E-state index in [9.17, 15) is 23.3 Å². The molecule has 0 spiro atoms. The zero-order valence-electron chi connectivity index (χ0n) is 13.0. The first-order valence-corrected chi connectivity index (χ1v) is 10.4. The summed E-state index contributed by atoms with van der Waals surface area (Å²) in [6.45, 7) is 0.0889. The molecule has 9 nitrogen and oxygen atoms in total. The molecule has 25 heavy (non-hydrogen) atoms. The molecule has 3 heterocycles. The molecule has 0 saturated carbocycles. The molecule has 3 rings (SSSR count). The van der Waals surface area contributed by atoms with Gasteiger partial charge in [0.25, 0.3) is 5.56 Å². The largest absolute Gasteiger partial charge is 0.353 e. The van der Waals surface area contributed by atoms with Crippen LogP contribution in [0.15, 0.2) is 26.5 Å². The summed E-state index contributed by atoms with van der Waals surface area (Å²) in [5.74, 6) is 0.335. The number of anilines is 1. The number of H-pyrrole nitrogens is 1. The fourth-order valence-electron chi connectivity index (χ4n) is 2.23. The minimum atomic E-state index is -3.56. The molecule has 0 atom stereocenters. The number of thiophene rings is 2. The van der Waals surface area contributed by atoms with Crippen LogP contribution in [-0.4, -0.2) is 36.6 Å². The van der Waals surface area contributed by atoms with Crippen LogP contribution in [-0.2, 0) is 16.4 Å². The van der Waals surface area contributed by atoms with Crippen molar-refractivity contribution in [3.8, 4) is 0 Å².